The molecule has 3 aromatic rings. The van der Waals surface area contributed by atoms with Gasteiger partial charge in [0, 0.05) is 17.1 Å². The number of aromatic nitrogens is 1. The van der Waals surface area contributed by atoms with Crippen molar-refractivity contribution in [2.75, 3.05) is 0 Å². The molecule has 1 aromatic heterocycles. The van der Waals surface area contributed by atoms with Crippen molar-refractivity contribution in [3.05, 3.63) is 89.6 Å². The summed E-state index contributed by atoms with van der Waals surface area (Å²) in [4.78, 5) is 16.8. The first kappa shape index (κ1) is 19.7. The minimum atomic E-state index is -1.01. The van der Waals surface area contributed by atoms with Gasteiger partial charge in [0.1, 0.15) is 5.52 Å². The molecule has 0 aliphatic rings. The maximum atomic E-state index is 13.8. The number of fused-ring (bicyclic) bond motifs is 1. The van der Waals surface area contributed by atoms with Crippen LogP contribution in [0.15, 0.2) is 66.9 Å². The second kappa shape index (κ2) is 7.89. The van der Waals surface area contributed by atoms with E-state index in [2.05, 4.69) is 16.9 Å². The number of pyridine rings is 1. The molecule has 0 fully saturated rings. The summed E-state index contributed by atoms with van der Waals surface area (Å²) >= 11 is 0. The molecular weight excluding hydrogens is 358 g/mol. The predicted octanol–water partition coefficient (Wildman–Crippen LogP) is 5.21. The van der Waals surface area contributed by atoms with Crippen molar-refractivity contribution in [1.29, 1.82) is 0 Å². The van der Waals surface area contributed by atoms with Gasteiger partial charge in [0.25, 0.3) is 5.91 Å². The Bertz CT molecular complexity index is 1030. The van der Waals surface area contributed by atoms with E-state index in [0.717, 1.165) is 17.2 Å². The lowest BCUT2D eigenvalue weighted by molar-refractivity contribution is 0.0905. The lowest BCUT2D eigenvalue weighted by Crippen LogP contribution is -2.48. The van der Waals surface area contributed by atoms with Gasteiger partial charge in [-0.1, -0.05) is 35.9 Å². The highest BCUT2D eigenvalue weighted by Gasteiger charge is 2.27. The first-order chi connectivity index (χ1) is 13.3. The van der Waals surface area contributed by atoms with Gasteiger partial charge < -0.3 is 5.32 Å². The number of hydrogen-bond donors (Lipinski definition) is 1. The summed E-state index contributed by atoms with van der Waals surface area (Å²) < 4.78 is 27.2. The summed E-state index contributed by atoms with van der Waals surface area (Å²) in [6.45, 7) is 7.87. The topological polar surface area (TPSA) is 42.0 Å². The van der Waals surface area contributed by atoms with Crippen LogP contribution in [0.2, 0.25) is 0 Å². The third-order valence-corrected chi connectivity index (χ3v) is 4.55. The van der Waals surface area contributed by atoms with Crippen molar-refractivity contribution in [1.82, 2.24) is 10.3 Å². The lowest BCUT2D eigenvalue weighted by Gasteiger charge is -2.31. The third-order valence-electron chi connectivity index (χ3n) is 4.55. The first-order valence-electron chi connectivity index (χ1n) is 9.02. The van der Waals surface area contributed by atoms with Gasteiger partial charge in [-0.25, -0.2) is 8.78 Å². The number of carbonyl (C=O) groups excluding carboxylic acids is 1. The second-order valence-corrected chi connectivity index (χ2v) is 7.47. The fraction of sp³-hybridized carbons (Fsp3) is 0.217. The Hall–Kier alpha value is -3.08. The highest BCUT2D eigenvalue weighted by atomic mass is 19.2. The summed E-state index contributed by atoms with van der Waals surface area (Å²) in [7, 11) is 0. The Kier molecular flexibility index (Phi) is 5.54. The number of nitrogens with zero attached hydrogens (tertiary/aromatic N) is 1. The van der Waals surface area contributed by atoms with Crippen molar-refractivity contribution >= 4 is 16.8 Å². The van der Waals surface area contributed by atoms with Gasteiger partial charge in [-0.15, -0.1) is 6.58 Å². The van der Waals surface area contributed by atoms with Crippen LogP contribution in [0.1, 0.15) is 36.2 Å². The van der Waals surface area contributed by atoms with E-state index < -0.39 is 17.2 Å². The molecule has 5 heteroatoms. The van der Waals surface area contributed by atoms with Crippen LogP contribution >= 0.6 is 0 Å². The molecule has 3 nitrogen and oxygen atoms in total. The van der Waals surface area contributed by atoms with Crippen LogP contribution in [0.4, 0.5) is 8.78 Å². The van der Waals surface area contributed by atoms with Gasteiger partial charge in [-0.05, 0) is 50.5 Å². The van der Waals surface area contributed by atoms with Crippen molar-refractivity contribution in [3.8, 4) is 0 Å². The zero-order valence-electron chi connectivity index (χ0n) is 15.9. The van der Waals surface area contributed by atoms with Crippen LogP contribution in [0.25, 0.3) is 10.9 Å². The van der Waals surface area contributed by atoms with Crippen LogP contribution in [0, 0.1) is 11.6 Å². The lowest BCUT2D eigenvalue weighted by atomic mass is 9.86. The van der Waals surface area contributed by atoms with Gasteiger partial charge >= 0.3 is 0 Å². The van der Waals surface area contributed by atoms with Gasteiger partial charge in [0.05, 0.1) is 5.56 Å². The molecule has 0 aliphatic carbocycles. The van der Waals surface area contributed by atoms with Crippen LogP contribution in [0.3, 0.4) is 0 Å². The van der Waals surface area contributed by atoms with Crippen LogP contribution < -0.4 is 5.32 Å². The number of carbonyl (C=O) groups is 1. The molecule has 28 heavy (non-hydrogen) atoms. The number of hydrogen-bond acceptors (Lipinski definition) is 2. The molecule has 0 spiro atoms. The number of benzene rings is 2. The highest BCUT2D eigenvalue weighted by Crippen LogP contribution is 2.23. The molecule has 0 saturated heterocycles. The van der Waals surface area contributed by atoms with Crippen molar-refractivity contribution in [3.63, 3.8) is 0 Å². The summed E-state index contributed by atoms with van der Waals surface area (Å²) in [6.07, 6.45) is 2.51. The van der Waals surface area contributed by atoms with Gasteiger partial charge in [-0.3, -0.25) is 9.78 Å². The summed E-state index contributed by atoms with van der Waals surface area (Å²) in [5.74, 6) is -2.30. The van der Waals surface area contributed by atoms with E-state index in [-0.39, 0.29) is 11.4 Å². The maximum Gasteiger partial charge on any atom is 0.253 e. The number of rotatable bonds is 6. The fourth-order valence-electron chi connectivity index (χ4n) is 3.48. The van der Waals surface area contributed by atoms with E-state index in [1.165, 1.54) is 18.3 Å². The van der Waals surface area contributed by atoms with Gasteiger partial charge in [-0.2, -0.15) is 0 Å². The predicted molar refractivity (Wildman–Crippen MR) is 107 cm³/mol. The molecule has 0 radical (unpaired) electrons. The Balaban J connectivity index is 1.88. The SMILES string of the molecule is C=C(C)CC(C)(Cc1ccccc1)NC(=O)c1cnc2c(F)c(F)ccc2c1. The Morgan fingerprint density at radius 2 is 1.89 bits per heavy atom. The van der Waals surface area contributed by atoms with Crippen molar-refractivity contribution < 1.29 is 13.6 Å². The Labute approximate surface area is 163 Å². The average molecular weight is 380 g/mol. The van der Waals surface area contributed by atoms with Crippen molar-refractivity contribution in [2.45, 2.75) is 32.2 Å². The summed E-state index contributed by atoms with van der Waals surface area (Å²) in [5, 5.41) is 3.44. The molecule has 1 heterocycles. The molecule has 0 bridgehead atoms. The quantitative estimate of drug-likeness (QED) is 0.597. The molecule has 1 atom stereocenters. The van der Waals surface area contributed by atoms with E-state index in [0.29, 0.717) is 23.8 Å². The third kappa shape index (κ3) is 4.42. The Morgan fingerprint density at radius 3 is 2.57 bits per heavy atom. The molecule has 1 N–H and O–H groups in total. The molecule has 0 aliphatic heterocycles. The van der Waals surface area contributed by atoms with E-state index in [1.54, 1.807) is 0 Å². The zero-order valence-corrected chi connectivity index (χ0v) is 15.9. The van der Waals surface area contributed by atoms with E-state index in [1.807, 2.05) is 44.2 Å². The maximum absolute atomic E-state index is 13.8. The molecule has 144 valence electrons. The Morgan fingerprint density at radius 1 is 1.18 bits per heavy atom. The van der Waals surface area contributed by atoms with E-state index >= 15 is 0 Å². The van der Waals surface area contributed by atoms with E-state index in [4.69, 9.17) is 0 Å². The van der Waals surface area contributed by atoms with Crippen molar-refractivity contribution in [2.24, 2.45) is 0 Å². The highest BCUT2D eigenvalue weighted by molar-refractivity contribution is 5.97. The molecule has 3 rings (SSSR count). The number of amides is 1. The first-order valence-corrected chi connectivity index (χ1v) is 9.02. The minimum absolute atomic E-state index is 0.0921. The average Bonchev–Trinajstić information content (AvgIpc) is 2.64. The van der Waals surface area contributed by atoms with Crippen LogP contribution in [-0.4, -0.2) is 16.4 Å². The molecule has 1 unspecified atom stereocenters. The standard InChI is InChI=1S/C23H22F2N2O/c1-15(2)12-23(3,13-16-7-5-4-6-8-16)27-22(28)18-11-17-9-10-19(24)20(25)21(17)26-14-18/h4-11,14H,1,12-13H2,2-3H3,(H,27,28). The second-order valence-electron chi connectivity index (χ2n) is 7.47. The molecule has 0 saturated carbocycles. The smallest absolute Gasteiger partial charge is 0.253 e. The monoisotopic (exact) mass is 380 g/mol. The normalized spacial score (nSPS) is 13.1. The fourth-order valence-corrected chi connectivity index (χ4v) is 3.48. The number of halogens is 2. The van der Waals surface area contributed by atoms with Gasteiger partial charge in [0.2, 0.25) is 0 Å². The summed E-state index contributed by atoms with van der Waals surface area (Å²) in [6, 6.07) is 13.8. The molecule has 2 aromatic carbocycles. The summed E-state index contributed by atoms with van der Waals surface area (Å²) in [5.41, 5.74) is 1.70. The largest absolute Gasteiger partial charge is 0.346 e. The molecule has 1 amide bonds. The molecular formula is C23H22F2N2O. The van der Waals surface area contributed by atoms with Crippen LogP contribution in [-0.2, 0) is 6.42 Å². The zero-order chi connectivity index (χ0) is 20.3. The van der Waals surface area contributed by atoms with E-state index in [9.17, 15) is 13.6 Å². The minimum Gasteiger partial charge on any atom is -0.346 e. The van der Waals surface area contributed by atoms with Gasteiger partial charge in [0.15, 0.2) is 11.6 Å². The number of nitrogens with one attached hydrogen (secondary N) is 1. The van der Waals surface area contributed by atoms with Crippen LogP contribution in [0.5, 0.6) is 0 Å².